The molecule has 78 valence electrons. The van der Waals surface area contributed by atoms with Gasteiger partial charge in [0.05, 0.1) is 0 Å². The normalized spacial score (nSPS) is 15.1. The lowest BCUT2D eigenvalue weighted by Gasteiger charge is -2.12. The zero-order valence-corrected chi connectivity index (χ0v) is 8.76. The van der Waals surface area contributed by atoms with E-state index in [-0.39, 0.29) is 6.42 Å². The number of halogens is 1. The van der Waals surface area contributed by atoms with Crippen molar-refractivity contribution in [3.05, 3.63) is 35.4 Å². The van der Waals surface area contributed by atoms with Gasteiger partial charge in [-0.15, -0.1) is 0 Å². The molecule has 1 nitrogen and oxygen atoms in total. The monoisotopic (exact) mass is 196 g/mol. The standard InChI is InChI=1S/C12H17FO/c1-3-4-10-5-7-11(8-6-10)9-12(2,13)14/h5-8,14H,3-4,9H2,1-2H3. The van der Waals surface area contributed by atoms with E-state index in [0.29, 0.717) is 0 Å². The molecule has 14 heavy (non-hydrogen) atoms. The van der Waals surface area contributed by atoms with Crippen molar-refractivity contribution in [2.24, 2.45) is 0 Å². The van der Waals surface area contributed by atoms with Crippen LogP contribution in [0, 0.1) is 0 Å². The van der Waals surface area contributed by atoms with Crippen molar-refractivity contribution < 1.29 is 9.50 Å². The van der Waals surface area contributed by atoms with Crippen molar-refractivity contribution in [1.29, 1.82) is 0 Å². The van der Waals surface area contributed by atoms with Crippen LogP contribution in [0.3, 0.4) is 0 Å². The van der Waals surface area contributed by atoms with Gasteiger partial charge in [-0.25, -0.2) is 4.39 Å². The lowest BCUT2D eigenvalue weighted by atomic mass is 10.0. The third kappa shape index (κ3) is 3.88. The summed E-state index contributed by atoms with van der Waals surface area (Å²) in [5, 5.41) is 8.98. The summed E-state index contributed by atoms with van der Waals surface area (Å²) >= 11 is 0. The Bertz CT molecular complexity index is 271. The number of rotatable bonds is 4. The average Bonchev–Trinajstić information content (AvgIpc) is 2.06. The van der Waals surface area contributed by atoms with E-state index >= 15 is 0 Å². The summed E-state index contributed by atoms with van der Waals surface area (Å²) in [5.41, 5.74) is 2.09. The van der Waals surface area contributed by atoms with Gasteiger partial charge in [-0.1, -0.05) is 37.6 Å². The van der Waals surface area contributed by atoms with Crippen LogP contribution < -0.4 is 0 Å². The molecule has 1 aromatic rings. The molecule has 1 aromatic carbocycles. The Balaban J connectivity index is 2.64. The minimum Gasteiger partial charge on any atom is -0.362 e. The molecule has 0 spiro atoms. The molecule has 0 aliphatic heterocycles. The van der Waals surface area contributed by atoms with E-state index in [1.807, 2.05) is 24.3 Å². The summed E-state index contributed by atoms with van der Waals surface area (Å²) in [7, 11) is 0. The van der Waals surface area contributed by atoms with Crippen molar-refractivity contribution in [3.63, 3.8) is 0 Å². The maximum absolute atomic E-state index is 12.9. The number of aliphatic hydroxyl groups is 1. The zero-order chi connectivity index (χ0) is 10.6. The van der Waals surface area contributed by atoms with Crippen molar-refractivity contribution in [1.82, 2.24) is 0 Å². The topological polar surface area (TPSA) is 20.2 Å². The Hall–Kier alpha value is -0.890. The number of hydrogen-bond acceptors (Lipinski definition) is 1. The zero-order valence-electron chi connectivity index (χ0n) is 8.76. The first-order chi connectivity index (χ1) is 6.51. The van der Waals surface area contributed by atoms with Crippen LogP contribution in [-0.4, -0.2) is 11.0 Å². The van der Waals surface area contributed by atoms with E-state index in [2.05, 4.69) is 6.92 Å². The molecule has 0 fully saturated rings. The molecule has 1 atom stereocenters. The van der Waals surface area contributed by atoms with Gasteiger partial charge in [-0.3, -0.25) is 0 Å². The lowest BCUT2D eigenvalue weighted by molar-refractivity contribution is -0.0688. The Labute approximate surface area is 84.6 Å². The maximum Gasteiger partial charge on any atom is 0.207 e. The second-order valence-corrected chi connectivity index (χ2v) is 3.89. The highest BCUT2D eigenvalue weighted by molar-refractivity contribution is 5.23. The van der Waals surface area contributed by atoms with Crippen LogP contribution in [-0.2, 0) is 12.8 Å². The van der Waals surface area contributed by atoms with Gasteiger partial charge < -0.3 is 5.11 Å². The Morgan fingerprint density at radius 3 is 2.14 bits per heavy atom. The van der Waals surface area contributed by atoms with Gasteiger partial charge in [-0.2, -0.15) is 0 Å². The largest absolute Gasteiger partial charge is 0.362 e. The Morgan fingerprint density at radius 1 is 1.21 bits per heavy atom. The molecule has 1 N–H and O–H groups in total. The van der Waals surface area contributed by atoms with Crippen LogP contribution in [0.2, 0.25) is 0 Å². The van der Waals surface area contributed by atoms with Crippen molar-refractivity contribution in [2.45, 2.75) is 39.0 Å². The van der Waals surface area contributed by atoms with Gasteiger partial charge in [0, 0.05) is 6.42 Å². The van der Waals surface area contributed by atoms with E-state index < -0.39 is 5.85 Å². The van der Waals surface area contributed by atoms with E-state index in [9.17, 15) is 4.39 Å². The highest BCUT2D eigenvalue weighted by atomic mass is 19.2. The molecule has 0 aromatic heterocycles. The number of benzene rings is 1. The van der Waals surface area contributed by atoms with E-state index in [1.54, 1.807) is 0 Å². The second-order valence-electron chi connectivity index (χ2n) is 3.89. The molecule has 0 saturated heterocycles. The second kappa shape index (κ2) is 4.56. The van der Waals surface area contributed by atoms with Crippen LogP contribution >= 0.6 is 0 Å². The van der Waals surface area contributed by atoms with Crippen LogP contribution in [0.4, 0.5) is 4.39 Å². The minimum atomic E-state index is -2.10. The average molecular weight is 196 g/mol. The third-order valence-corrected chi connectivity index (χ3v) is 2.09. The molecule has 1 rings (SSSR count). The van der Waals surface area contributed by atoms with Gasteiger partial charge in [0.25, 0.3) is 0 Å². The van der Waals surface area contributed by atoms with Crippen molar-refractivity contribution in [2.75, 3.05) is 0 Å². The third-order valence-electron chi connectivity index (χ3n) is 2.09. The molecule has 0 aliphatic rings. The number of hydrogen-bond donors (Lipinski definition) is 1. The van der Waals surface area contributed by atoms with Crippen LogP contribution in [0.5, 0.6) is 0 Å². The molecule has 0 radical (unpaired) electrons. The van der Waals surface area contributed by atoms with Gasteiger partial charge >= 0.3 is 0 Å². The Morgan fingerprint density at radius 2 is 1.71 bits per heavy atom. The predicted octanol–water partition coefficient (Wildman–Crippen LogP) is 2.86. The SMILES string of the molecule is CCCc1ccc(CC(C)(O)F)cc1. The molecular weight excluding hydrogens is 179 g/mol. The minimum absolute atomic E-state index is 0.0550. The molecule has 0 saturated carbocycles. The van der Waals surface area contributed by atoms with E-state index in [4.69, 9.17) is 5.11 Å². The molecule has 0 bridgehead atoms. The summed E-state index contributed by atoms with van der Waals surface area (Å²) in [6.45, 7) is 3.30. The van der Waals surface area contributed by atoms with Crippen molar-refractivity contribution >= 4 is 0 Å². The fourth-order valence-corrected chi connectivity index (χ4v) is 1.49. The van der Waals surface area contributed by atoms with E-state index in [0.717, 1.165) is 18.4 Å². The first kappa shape index (κ1) is 11.2. The first-order valence-electron chi connectivity index (χ1n) is 5.00. The van der Waals surface area contributed by atoms with Gasteiger partial charge in [0.15, 0.2) is 0 Å². The maximum atomic E-state index is 12.9. The lowest BCUT2D eigenvalue weighted by Crippen LogP contribution is -2.19. The summed E-state index contributed by atoms with van der Waals surface area (Å²) < 4.78 is 12.9. The molecule has 1 unspecified atom stereocenters. The van der Waals surface area contributed by atoms with Gasteiger partial charge in [-0.05, 0) is 24.5 Å². The quantitative estimate of drug-likeness (QED) is 0.785. The highest BCUT2D eigenvalue weighted by Crippen LogP contribution is 2.15. The summed E-state index contributed by atoms with van der Waals surface area (Å²) in [4.78, 5) is 0. The van der Waals surface area contributed by atoms with Crippen molar-refractivity contribution in [3.8, 4) is 0 Å². The first-order valence-corrected chi connectivity index (χ1v) is 5.00. The van der Waals surface area contributed by atoms with Crippen LogP contribution in [0.1, 0.15) is 31.4 Å². The van der Waals surface area contributed by atoms with E-state index in [1.165, 1.54) is 12.5 Å². The fourth-order valence-electron chi connectivity index (χ4n) is 1.49. The summed E-state index contributed by atoms with van der Waals surface area (Å²) in [6.07, 6.45) is 2.21. The molecule has 0 heterocycles. The smallest absolute Gasteiger partial charge is 0.207 e. The highest BCUT2D eigenvalue weighted by Gasteiger charge is 2.18. The molecule has 2 heteroatoms. The van der Waals surface area contributed by atoms with Crippen LogP contribution in [0.15, 0.2) is 24.3 Å². The van der Waals surface area contributed by atoms with Gasteiger partial charge in [0.2, 0.25) is 5.85 Å². The Kier molecular flexibility index (Phi) is 3.64. The molecule has 0 aliphatic carbocycles. The number of alkyl halides is 1. The summed E-state index contributed by atoms with van der Waals surface area (Å²) in [5.74, 6) is -2.10. The predicted molar refractivity (Wildman–Crippen MR) is 55.9 cm³/mol. The summed E-state index contributed by atoms with van der Waals surface area (Å²) in [6, 6.07) is 7.73. The van der Waals surface area contributed by atoms with Gasteiger partial charge in [0.1, 0.15) is 0 Å². The number of aryl methyl sites for hydroxylation is 1. The molecule has 0 amide bonds. The molecular formula is C12H17FO. The fraction of sp³-hybridized carbons (Fsp3) is 0.500. The van der Waals surface area contributed by atoms with Crippen LogP contribution in [0.25, 0.3) is 0 Å².